The zero-order chi connectivity index (χ0) is 8.55. The van der Waals surface area contributed by atoms with E-state index in [4.69, 9.17) is 0 Å². The molecule has 0 atom stereocenters. The van der Waals surface area contributed by atoms with Gasteiger partial charge in [0.1, 0.15) is 0 Å². The van der Waals surface area contributed by atoms with Gasteiger partial charge in [-0.15, -0.1) is 0 Å². The third kappa shape index (κ3) is 1.75. The molecule has 0 saturated heterocycles. The number of allylic oxidation sites excluding steroid dienone is 1. The Morgan fingerprint density at radius 1 is 0.923 bits per heavy atom. The molecule has 0 aromatic heterocycles. The second kappa shape index (κ2) is 3.93. The summed E-state index contributed by atoms with van der Waals surface area (Å²) in [7, 11) is 0. The molecule has 3 radical (unpaired) electrons. The Kier molecular flexibility index (Phi) is 3.10. The molecule has 0 saturated carbocycles. The number of benzene rings is 1. The standard InChI is InChI=1S/C10H6O2.Bi/c11-9-6-5-7-3-1-2-4-8(7)10(9)12;/h1-6H;. The number of carbonyl (C=O) groups excluding carboxylic acids is 2. The van der Waals surface area contributed by atoms with Gasteiger partial charge in [0.05, 0.1) is 0 Å². The number of hydrogen-bond acceptors (Lipinski definition) is 2. The molecule has 1 aromatic rings. The van der Waals surface area contributed by atoms with E-state index >= 15 is 0 Å². The average molecular weight is 367 g/mol. The Bertz CT molecular complexity index is 394. The van der Waals surface area contributed by atoms with Crippen molar-refractivity contribution in [3.05, 3.63) is 41.5 Å². The smallest absolute Gasteiger partial charge is 0.233 e. The fraction of sp³-hybridized carbons (Fsp3) is 0. The number of rotatable bonds is 0. The van der Waals surface area contributed by atoms with Crippen molar-refractivity contribution >= 4 is 43.8 Å². The molecule has 2 rings (SSSR count). The van der Waals surface area contributed by atoms with Gasteiger partial charge in [-0.05, 0) is 11.6 Å². The van der Waals surface area contributed by atoms with Gasteiger partial charge in [-0.2, -0.15) is 0 Å². The fourth-order valence-electron chi connectivity index (χ4n) is 1.22. The molecule has 13 heavy (non-hydrogen) atoms. The molecule has 0 spiro atoms. The minimum atomic E-state index is -0.436. The van der Waals surface area contributed by atoms with Crippen LogP contribution in [0.1, 0.15) is 15.9 Å². The van der Waals surface area contributed by atoms with Crippen LogP contribution in [0.2, 0.25) is 0 Å². The zero-order valence-electron chi connectivity index (χ0n) is 6.73. The molecule has 0 heterocycles. The number of hydrogen-bond donors (Lipinski definition) is 0. The number of carbonyl (C=O) groups is 2. The van der Waals surface area contributed by atoms with Crippen LogP contribution in [0.4, 0.5) is 0 Å². The van der Waals surface area contributed by atoms with Crippen LogP contribution in [0, 0.1) is 0 Å². The van der Waals surface area contributed by atoms with E-state index in [1.54, 1.807) is 18.2 Å². The van der Waals surface area contributed by atoms with E-state index in [0.717, 1.165) is 5.56 Å². The number of ketones is 2. The first-order chi connectivity index (χ1) is 5.79. The Morgan fingerprint density at radius 2 is 1.62 bits per heavy atom. The summed E-state index contributed by atoms with van der Waals surface area (Å²) in [5, 5.41) is 0. The minimum Gasteiger partial charge on any atom is -0.286 e. The van der Waals surface area contributed by atoms with E-state index in [2.05, 4.69) is 0 Å². The molecule has 1 aliphatic carbocycles. The molecular formula is C10H6BiO2. The first-order valence-corrected chi connectivity index (χ1v) is 3.65. The van der Waals surface area contributed by atoms with Gasteiger partial charge in [0.2, 0.25) is 11.6 Å². The summed E-state index contributed by atoms with van der Waals surface area (Å²) < 4.78 is 0. The molecule has 2 nitrogen and oxygen atoms in total. The van der Waals surface area contributed by atoms with Gasteiger partial charge in [-0.1, -0.05) is 30.3 Å². The number of fused-ring (bicyclic) bond motifs is 1. The Balaban J connectivity index is 0.000000845. The molecule has 0 unspecified atom stereocenters. The largest absolute Gasteiger partial charge is 0.286 e. The second-order valence-corrected chi connectivity index (χ2v) is 2.61. The van der Waals surface area contributed by atoms with Crippen LogP contribution in [0.5, 0.6) is 0 Å². The monoisotopic (exact) mass is 367 g/mol. The van der Waals surface area contributed by atoms with Crippen LogP contribution in [-0.4, -0.2) is 37.8 Å². The maximum Gasteiger partial charge on any atom is 0.233 e. The van der Waals surface area contributed by atoms with Crippen molar-refractivity contribution in [2.75, 3.05) is 0 Å². The quantitative estimate of drug-likeness (QED) is 0.508. The molecular weight excluding hydrogens is 361 g/mol. The Labute approximate surface area is 94.8 Å². The first-order valence-electron chi connectivity index (χ1n) is 3.65. The van der Waals surface area contributed by atoms with Gasteiger partial charge in [0, 0.05) is 31.8 Å². The van der Waals surface area contributed by atoms with Crippen molar-refractivity contribution in [2.45, 2.75) is 0 Å². The van der Waals surface area contributed by atoms with E-state index in [1.165, 1.54) is 6.08 Å². The molecule has 3 heteroatoms. The Morgan fingerprint density at radius 3 is 2.38 bits per heavy atom. The summed E-state index contributed by atoms with van der Waals surface area (Å²) in [6, 6.07) is 7.07. The van der Waals surface area contributed by atoms with Gasteiger partial charge in [0.15, 0.2) is 0 Å². The summed E-state index contributed by atoms with van der Waals surface area (Å²) in [6.07, 6.45) is 2.98. The van der Waals surface area contributed by atoms with Crippen molar-refractivity contribution in [1.82, 2.24) is 0 Å². The molecule has 0 aliphatic heterocycles. The normalized spacial score (nSPS) is 13.5. The van der Waals surface area contributed by atoms with Crippen molar-refractivity contribution < 1.29 is 9.59 Å². The summed E-state index contributed by atoms with van der Waals surface area (Å²) in [5.74, 6) is -0.846. The van der Waals surface area contributed by atoms with Crippen molar-refractivity contribution in [2.24, 2.45) is 0 Å². The summed E-state index contributed by atoms with van der Waals surface area (Å²) >= 11 is 0. The predicted molar refractivity (Wildman–Crippen MR) is 50.6 cm³/mol. The summed E-state index contributed by atoms with van der Waals surface area (Å²) in [5.41, 5.74) is 1.33. The van der Waals surface area contributed by atoms with Crippen LogP contribution < -0.4 is 0 Å². The minimum absolute atomic E-state index is 0. The molecule has 1 aliphatic rings. The molecule has 0 N–H and O–H groups in total. The van der Waals surface area contributed by atoms with Gasteiger partial charge in [-0.25, -0.2) is 0 Å². The number of Topliss-reactive ketones (excluding diaryl/α,β-unsaturated/α-hetero) is 1. The fourth-order valence-corrected chi connectivity index (χ4v) is 1.22. The molecule has 0 bridgehead atoms. The summed E-state index contributed by atoms with van der Waals surface area (Å²) in [6.45, 7) is 0. The van der Waals surface area contributed by atoms with Crippen molar-refractivity contribution in [3.8, 4) is 0 Å². The van der Waals surface area contributed by atoms with Crippen LogP contribution in [0.25, 0.3) is 6.08 Å². The Hall–Kier alpha value is -0.817. The maximum atomic E-state index is 11.2. The summed E-state index contributed by atoms with van der Waals surface area (Å²) in [4.78, 5) is 22.1. The molecule has 63 valence electrons. The SMILES string of the molecule is O=C1C=Cc2ccccc2C1=O.[Bi]. The van der Waals surface area contributed by atoms with Crippen molar-refractivity contribution in [3.63, 3.8) is 0 Å². The van der Waals surface area contributed by atoms with Crippen LogP contribution >= 0.6 is 0 Å². The third-order valence-corrected chi connectivity index (χ3v) is 1.84. The molecule has 1 aromatic carbocycles. The van der Waals surface area contributed by atoms with Crippen LogP contribution in [0.15, 0.2) is 30.3 Å². The van der Waals surface area contributed by atoms with Gasteiger partial charge < -0.3 is 0 Å². The molecule has 0 fully saturated rings. The van der Waals surface area contributed by atoms with E-state index in [1.807, 2.05) is 12.1 Å². The van der Waals surface area contributed by atoms with Crippen LogP contribution in [-0.2, 0) is 4.79 Å². The van der Waals surface area contributed by atoms with Crippen LogP contribution in [0.3, 0.4) is 0 Å². The first kappa shape index (κ1) is 10.3. The van der Waals surface area contributed by atoms with Gasteiger partial charge in [0.25, 0.3) is 0 Å². The average Bonchev–Trinajstić information content (AvgIpc) is 2.12. The molecule has 0 amide bonds. The van der Waals surface area contributed by atoms with E-state index in [-0.39, 0.29) is 26.2 Å². The van der Waals surface area contributed by atoms with E-state index < -0.39 is 11.6 Å². The van der Waals surface area contributed by atoms with Gasteiger partial charge >= 0.3 is 0 Å². The third-order valence-electron chi connectivity index (χ3n) is 1.84. The van der Waals surface area contributed by atoms with E-state index in [9.17, 15) is 9.59 Å². The predicted octanol–water partition coefficient (Wildman–Crippen LogP) is 1.08. The van der Waals surface area contributed by atoms with E-state index in [0.29, 0.717) is 5.56 Å². The maximum absolute atomic E-state index is 11.2. The second-order valence-electron chi connectivity index (χ2n) is 2.61. The zero-order valence-corrected chi connectivity index (χ0v) is 10.2. The van der Waals surface area contributed by atoms with Crippen molar-refractivity contribution in [1.29, 1.82) is 0 Å². The van der Waals surface area contributed by atoms with Gasteiger partial charge in [-0.3, -0.25) is 9.59 Å². The topological polar surface area (TPSA) is 34.1 Å².